The van der Waals surface area contributed by atoms with Gasteiger partial charge in [0.1, 0.15) is 0 Å². The number of anilines is 3. The number of hydrogen-bond donors (Lipinski definition) is 2. The van der Waals surface area contributed by atoms with Crippen LogP contribution in [0.1, 0.15) is 11.1 Å². The van der Waals surface area contributed by atoms with Gasteiger partial charge in [-0.05, 0) is 54.4 Å². The highest BCUT2D eigenvalue weighted by Crippen LogP contribution is 2.26. The molecule has 0 aromatic heterocycles. The molecule has 1 saturated heterocycles. The van der Waals surface area contributed by atoms with E-state index in [2.05, 4.69) is 21.6 Å². The van der Waals surface area contributed by atoms with Crippen molar-refractivity contribution < 1.29 is 9.59 Å². The molecule has 7 heteroatoms. The quantitative estimate of drug-likeness (QED) is 0.831. The summed E-state index contributed by atoms with van der Waals surface area (Å²) in [6.45, 7) is 5.26. The molecule has 146 valence electrons. The molecule has 0 radical (unpaired) electrons. The Morgan fingerprint density at radius 1 is 1.14 bits per heavy atom. The fourth-order valence-electron chi connectivity index (χ4n) is 3.67. The molecule has 0 spiro atoms. The molecule has 2 aliphatic heterocycles. The van der Waals surface area contributed by atoms with Gasteiger partial charge in [0.05, 0.1) is 13.0 Å². The molecule has 2 amide bonds. The molecule has 4 rings (SSSR count). The van der Waals surface area contributed by atoms with Gasteiger partial charge in [-0.15, -0.1) is 0 Å². The molecule has 2 N–H and O–H groups in total. The first-order valence-corrected chi connectivity index (χ1v) is 9.83. The van der Waals surface area contributed by atoms with Crippen LogP contribution in [0.3, 0.4) is 0 Å². The molecule has 1 fully saturated rings. The highest BCUT2D eigenvalue weighted by molar-refractivity contribution is 6.31. The van der Waals surface area contributed by atoms with E-state index in [1.165, 1.54) is 0 Å². The Bertz CT molecular complexity index is 923. The maximum Gasteiger partial charge on any atom is 0.241 e. The molecule has 0 atom stereocenters. The molecule has 2 aromatic carbocycles. The van der Waals surface area contributed by atoms with Gasteiger partial charge in [-0.2, -0.15) is 0 Å². The predicted octanol–water partition coefficient (Wildman–Crippen LogP) is 2.90. The number of halogens is 1. The molecular weight excluding hydrogens is 376 g/mol. The van der Waals surface area contributed by atoms with Crippen molar-refractivity contribution in [1.82, 2.24) is 4.90 Å². The van der Waals surface area contributed by atoms with E-state index in [-0.39, 0.29) is 18.4 Å². The minimum absolute atomic E-state index is 0.0111. The molecule has 0 aliphatic carbocycles. The van der Waals surface area contributed by atoms with Crippen molar-refractivity contribution in [3.63, 3.8) is 0 Å². The van der Waals surface area contributed by atoms with Gasteiger partial charge >= 0.3 is 0 Å². The minimum Gasteiger partial charge on any atom is -0.376 e. The van der Waals surface area contributed by atoms with Gasteiger partial charge in [0.15, 0.2) is 0 Å². The molecular formula is C21H23ClN4O2. The number of rotatable bonds is 4. The van der Waals surface area contributed by atoms with Gasteiger partial charge in [0.2, 0.25) is 11.8 Å². The van der Waals surface area contributed by atoms with E-state index >= 15 is 0 Å². The van der Waals surface area contributed by atoms with Gasteiger partial charge in [0, 0.05) is 48.3 Å². The fourth-order valence-corrected chi connectivity index (χ4v) is 3.79. The first-order chi connectivity index (χ1) is 13.5. The number of hydrogen-bond acceptors (Lipinski definition) is 4. The van der Waals surface area contributed by atoms with E-state index in [0.29, 0.717) is 19.5 Å². The summed E-state index contributed by atoms with van der Waals surface area (Å²) >= 11 is 6.11. The highest BCUT2D eigenvalue weighted by Gasteiger charge is 2.22. The molecule has 0 unspecified atom stereocenters. The number of benzene rings is 2. The van der Waals surface area contributed by atoms with Crippen LogP contribution in [0.25, 0.3) is 0 Å². The number of nitrogens with zero attached hydrogens (tertiary/aromatic N) is 2. The van der Waals surface area contributed by atoms with E-state index in [1.54, 1.807) is 0 Å². The number of aryl methyl sites for hydroxylation is 1. The first-order valence-electron chi connectivity index (χ1n) is 9.45. The number of carbonyl (C=O) groups excluding carboxylic acids is 2. The van der Waals surface area contributed by atoms with E-state index in [1.807, 2.05) is 42.2 Å². The summed E-state index contributed by atoms with van der Waals surface area (Å²) in [6.07, 6.45) is 0.394. The first kappa shape index (κ1) is 18.6. The Hall–Kier alpha value is -2.73. The third-order valence-electron chi connectivity index (χ3n) is 5.31. The Morgan fingerprint density at radius 3 is 2.68 bits per heavy atom. The summed E-state index contributed by atoms with van der Waals surface area (Å²) in [5.41, 5.74) is 4.89. The van der Waals surface area contributed by atoms with Crippen LogP contribution < -0.4 is 15.5 Å². The normalized spacial score (nSPS) is 16.0. The van der Waals surface area contributed by atoms with Crippen LogP contribution in [-0.2, 0) is 16.0 Å². The van der Waals surface area contributed by atoms with Crippen molar-refractivity contribution in [2.45, 2.75) is 13.3 Å². The zero-order chi connectivity index (χ0) is 19.7. The summed E-state index contributed by atoms with van der Waals surface area (Å²) in [7, 11) is 0. The van der Waals surface area contributed by atoms with Crippen LogP contribution in [-0.4, -0.2) is 49.4 Å². The van der Waals surface area contributed by atoms with Crippen LogP contribution in [0.2, 0.25) is 5.02 Å². The average molecular weight is 399 g/mol. The minimum atomic E-state index is 0.0111. The second kappa shape index (κ2) is 7.72. The Kier molecular flexibility index (Phi) is 5.13. The standard InChI is InChI=1S/C21H23ClN4O2/c1-14-10-17(3-4-18(14)22)25-6-8-26(9-7-25)21(28)13-23-16-2-5-19-15(11-16)12-20(27)24-19/h2-5,10-11,23H,6-9,12-13H2,1H3,(H,24,27). The maximum atomic E-state index is 12.6. The monoisotopic (exact) mass is 398 g/mol. The van der Waals surface area contributed by atoms with Crippen molar-refractivity contribution in [2.24, 2.45) is 0 Å². The third-order valence-corrected chi connectivity index (χ3v) is 5.74. The SMILES string of the molecule is Cc1cc(N2CCN(C(=O)CNc3ccc4c(c3)CC(=O)N4)CC2)ccc1Cl. The van der Waals surface area contributed by atoms with Crippen LogP contribution in [0.15, 0.2) is 36.4 Å². The molecule has 0 bridgehead atoms. The van der Waals surface area contributed by atoms with Crippen molar-refractivity contribution in [3.05, 3.63) is 52.5 Å². The zero-order valence-electron chi connectivity index (χ0n) is 15.8. The van der Waals surface area contributed by atoms with Crippen molar-refractivity contribution >= 4 is 40.5 Å². The fraction of sp³-hybridized carbons (Fsp3) is 0.333. The lowest BCUT2D eigenvalue weighted by molar-refractivity contribution is -0.129. The lowest BCUT2D eigenvalue weighted by Gasteiger charge is -2.36. The summed E-state index contributed by atoms with van der Waals surface area (Å²) < 4.78 is 0. The van der Waals surface area contributed by atoms with Crippen molar-refractivity contribution in [2.75, 3.05) is 48.3 Å². The molecule has 2 aliphatic rings. The Labute approximate surface area is 169 Å². The lowest BCUT2D eigenvalue weighted by Crippen LogP contribution is -2.50. The largest absolute Gasteiger partial charge is 0.376 e. The Morgan fingerprint density at radius 2 is 1.93 bits per heavy atom. The van der Waals surface area contributed by atoms with E-state index in [0.717, 1.165) is 46.3 Å². The molecule has 0 saturated carbocycles. The van der Waals surface area contributed by atoms with E-state index in [9.17, 15) is 9.59 Å². The van der Waals surface area contributed by atoms with Crippen molar-refractivity contribution in [1.29, 1.82) is 0 Å². The molecule has 2 heterocycles. The van der Waals surface area contributed by atoms with Gasteiger partial charge in [0.25, 0.3) is 0 Å². The summed E-state index contributed by atoms with van der Waals surface area (Å²) in [6, 6.07) is 11.7. The Balaban J connectivity index is 1.29. The predicted molar refractivity (Wildman–Crippen MR) is 112 cm³/mol. The average Bonchev–Trinajstić information content (AvgIpc) is 3.07. The van der Waals surface area contributed by atoms with Crippen LogP contribution >= 0.6 is 11.6 Å². The molecule has 6 nitrogen and oxygen atoms in total. The second-order valence-corrected chi connectivity index (χ2v) is 7.66. The van der Waals surface area contributed by atoms with Gasteiger partial charge < -0.3 is 20.4 Å². The van der Waals surface area contributed by atoms with E-state index in [4.69, 9.17) is 11.6 Å². The second-order valence-electron chi connectivity index (χ2n) is 7.25. The maximum absolute atomic E-state index is 12.6. The number of fused-ring (bicyclic) bond motifs is 1. The number of piperazine rings is 1. The summed E-state index contributed by atoms with van der Waals surface area (Å²) in [4.78, 5) is 28.2. The zero-order valence-corrected chi connectivity index (χ0v) is 16.6. The third kappa shape index (κ3) is 3.92. The van der Waals surface area contributed by atoms with Gasteiger partial charge in [-0.1, -0.05) is 11.6 Å². The van der Waals surface area contributed by atoms with Gasteiger partial charge in [-0.3, -0.25) is 9.59 Å². The lowest BCUT2D eigenvalue weighted by atomic mass is 10.1. The highest BCUT2D eigenvalue weighted by atomic mass is 35.5. The van der Waals surface area contributed by atoms with Crippen molar-refractivity contribution in [3.8, 4) is 0 Å². The smallest absolute Gasteiger partial charge is 0.241 e. The summed E-state index contributed by atoms with van der Waals surface area (Å²) in [5.74, 6) is 0.0959. The van der Waals surface area contributed by atoms with Crippen LogP contribution in [0.5, 0.6) is 0 Å². The number of carbonyl (C=O) groups is 2. The molecule has 28 heavy (non-hydrogen) atoms. The van der Waals surface area contributed by atoms with Crippen LogP contribution in [0, 0.1) is 6.92 Å². The van der Waals surface area contributed by atoms with Gasteiger partial charge in [-0.25, -0.2) is 0 Å². The van der Waals surface area contributed by atoms with E-state index < -0.39 is 0 Å². The topological polar surface area (TPSA) is 64.7 Å². The number of amides is 2. The molecule has 2 aromatic rings. The summed E-state index contributed by atoms with van der Waals surface area (Å²) in [5, 5.41) is 6.77. The number of nitrogens with one attached hydrogen (secondary N) is 2. The van der Waals surface area contributed by atoms with Crippen LogP contribution in [0.4, 0.5) is 17.1 Å².